The Kier molecular flexibility index (Phi) is 2.98. The van der Waals surface area contributed by atoms with Crippen LogP contribution >= 0.6 is 0 Å². The molecule has 3 aromatic rings. The molecule has 4 nitrogen and oxygen atoms in total. The van der Waals surface area contributed by atoms with Gasteiger partial charge in [0.1, 0.15) is 5.52 Å². The van der Waals surface area contributed by atoms with Crippen molar-refractivity contribution in [3.8, 4) is 5.75 Å². The van der Waals surface area contributed by atoms with Crippen LogP contribution < -0.4 is 10.5 Å². The van der Waals surface area contributed by atoms with E-state index in [1.165, 1.54) is 12.1 Å². The van der Waals surface area contributed by atoms with Crippen LogP contribution in [0, 0.1) is 11.6 Å². The first-order valence-corrected chi connectivity index (χ1v) is 5.85. The van der Waals surface area contributed by atoms with Crippen molar-refractivity contribution in [2.24, 2.45) is 0 Å². The Bertz CT molecular complexity index is 771. The van der Waals surface area contributed by atoms with E-state index in [1.807, 2.05) is 0 Å². The molecule has 0 aliphatic rings. The van der Waals surface area contributed by atoms with Crippen molar-refractivity contribution in [2.75, 3.05) is 5.73 Å². The first kappa shape index (κ1) is 12.4. The van der Waals surface area contributed by atoms with E-state index in [2.05, 4.69) is 4.98 Å². The van der Waals surface area contributed by atoms with Gasteiger partial charge in [0.05, 0.1) is 0 Å². The van der Waals surface area contributed by atoms with Crippen LogP contribution in [0.3, 0.4) is 0 Å². The van der Waals surface area contributed by atoms with Gasteiger partial charge in [0.25, 0.3) is 0 Å². The maximum absolute atomic E-state index is 13.4. The summed E-state index contributed by atoms with van der Waals surface area (Å²) in [4.78, 5) is 4.16. The Morgan fingerprint density at radius 3 is 2.90 bits per heavy atom. The van der Waals surface area contributed by atoms with Crippen LogP contribution in [-0.2, 0) is 6.61 Å². The molecule has 0 radical (unpaired) electrons. The van der Waals surface area contributed by atoms with Crippen LogP contribution in [0.2, 0.25) is 0 Å². The van der Waals surface area contributed by atoms with Gasteiger partial charge in [0, 0.05) is 11.8 Å². The maximum atomic E-state index is 13.4. The van der Waals surface area contributed by atoms with Crippen molar-refractivity contribution >= 4 is 16.8 Å². The quantitative estimate of drug-likeness (QED) is 0.746. The van der Waals surface area contributed by atoms with Gasteiger partial charge in [-0.25, -0.2) is 9.37 Å². The van der Waals surface area contributed by atoms with Gasteiger partial charge in [-0.2, -0.15) is 4.39 Å². The summed E-state index contributed by atoms with van der Waals surface area (Å²) in [5, 5.41) is 0. The summed E-state index contributed by atoms with van der Waals surface area (Å²) >= 11 is 0. The summed E-state index contributed by atoms with van der Waals surface area (Å²) in [6.45, 7) is -0.102. The molecule has 0 saturated carbocycles. The molecule has 0 aliphatic heterocycles. The van der Waals surface area contributed by atoms with Crippen molar-refractivity contribution in [3.63, 3.8) is 0 Å². The molecule has 2 N–H and O–H groups in total. The van der Waals surface area contributed by atoms with Crippen LogP contribution in [0.15, 0.2) is 40.8 Å². The smallest absolute Gasteiger partial charge is 0.233 e. The highest BCUT2D eigenvalue weighted by Gasteiger charge is 2.11. The van der Waals surface area contributed by atoms with Crippen molar-refractivity contribution < 1.29 is 17.9 Å². The third-order valence-electron chi connectivity index (χ3n) is 2.72. The van der Waals surface area contributed by atoms with Gasteiger partial charge in [0.15, 0.2) is 23.8 Å². The van der Waals surface area contributed by atoms with E-state index in [1.54, 1.807) is 18.2 Å². The fourth-order valence-corrected chi connectivity index (χ4v) is 1.79. The summed E-state index contributed by atoms with van der Waals surface area (Å²) in [6, 6.07) is 8.75. The van der Waals surface area contributed by atoms with Crippen LogP contribution in [0.4, 0.5) is 14.5 Å². The monoisotopic (exact) mass is 276 g/mol. The number of hydrogen-bond acceptors (Lipinski definition) is 4. The van der Waals surface area contributed by atoms with Crippen molar-refractivity contribution in [1.29, 1.82) is 0 Å². The molecular formula is C14H10F2N2O2. The number of anilines is 1. The number of nitrogen functional groups attached to an aromatic ring is 1. The zero-order chi connectivity index (χ0) is 14.1. The van der Waals surface area contributed by atoms with Gasteiger partial charge < -0.3 is 14.9 Å². The third kappa shape index (κ3) is 2.27. The van der Waals surface area contributed by atoms with Crippen molar-refractivity contribution in [3.05, 3.63) is 53.9 Å². The molecule has 0 aliphatic carbocycles. The number of fused-ring (bicyclic) bond motifs is 1. The second-order valence-corrected chi connectivity index (χ2v) is 4.18. The van der Waals surface area contributed by atoms with Gasteiger partial charge >= 0.3 is 0 Å². The topological polar surface area (TPSA) is 61.3 Å². The number of rotatable bonds is 3. The highest BCUT2D eigenvalue weighted by molar-refractivity contribution is 5.76. The zero-order valence-electron chi connectivity index (χ0n) is 10.3. The normalized spacial score (nSPS) is 10.9. The second-order valence-electron chi connectivity index (χ2n) is 4.18. The lowest BCUT2D eigenvalue weighted by Crippen LogP contribution is -1.98. The van der Waals surface area contributed by atoms with E-state index in [0.29, 0.717) is 16.8 Å². The summed E-state index contributed by atoms with van der Waals surface area (Å²) in [5.41, 5.74) is 7.32. The molecule has 1 aromatic heterocycles. The van der Waals surface area contributed by atoms with E-state index in [0.717, 1.165) is 6.07 Å². The van der Waals surface area contributed by atoms with Gasteiger partial charge in [-0.15, -0.1) is 0 Å². The van der Waals surface area contributed by atoms with Crippen LogP contribution in [0.5, 0.6) is 5.75 Å². The van der Waals surface area contributed by atoms with Crippen LogP contribution in [0.25, 0.3) is 11.1 Å². The molecule has 0 unspecified atom stereocenters. The lowest BCUT2D eigenvalue weighted by molar-refractivity contribution is 0.252. The molecule has 0 atom stereocenters. The number of hydrogen-bond donors (Lipinski definition) is 1. The first-order chi connectivity index (χ1) is 9.63. The average Bonchev–Trinajstić information content (AvgIpc) is 2.82. The molecule has 3 rings (SSSR count). The summed E-state index contributed by atoms with van der Waals surface area (Å²) in [7, 11) is 0. The summed E-state index contributed by atoms with van der Waals surface area (Å²) in [6.07, 6.45) is 0. The zero-order valence-corrected chi connectivity index (χ0v) is 10.3. The number of nitrogens with zero attached hydrogens (tertiary/aromatic N) is 1. The van der Waals surface area contributed by atoms with Crippen molar-refractivity contribution in [1.82, 2.24) is 4.98 Å². The Labute approximate surface area is 112 Å². The van der Waals surface area contributed by atoms with E-state index >= 15 is 0 Å². The molecule has 0 saturated heterocycles. The lowest BCUT2D eigenvalue weighted by Gasteiger charge is -2.04. The first-order valence-electron chi connectivity index (χ1n) is 5.85. The molecule has 2 aromatic carbocycles. The molecule has 0 spiro atoms. The molecule has 0 amide bonds. The average molecular weight is 276 g/mol. The summed E-state index contributed by atoms with van der Waals surface area (Å²) in [5.74, 6) is -1.93. The van der Waals surface area contributed by atoms with Gasteiger partial charge in [-0.05, 0) is 24.3 Å². The van der Waals surface area contributed by atoms with E-state index < -0.39 is 11.6 Å². The largest absolute Gasteiger partial charge is 0.481 e. The highest BCUT2D eigenvalue weighted by Crippen LogP contribution is 2.22. The van der Waals surface area contributed by atoms with Crippen LogP contribution in [-0.4, -0.2) is 4.98 Å². The van der Waals surface area contributed by atoms with Crippen molar-refractivity contribution in [2.45, 2.75) is 6.61 Å². The Morgan fingerprint density at radius 2 is 2.05 bits per heavy atom. The molecule has 20 heavy (non-hydrogen) atoms. The van der Waals surface area contributed by atoms with Crippen LogP contribution in [0.1, 0.15) is 5.89 Å². The molecule has 0 bridgehead atoms. The SMILES string of the molecule is Nc1ccc2nc(COc3cccc(F)c3F)oc2c1. The fourth-order valence-electron chi connectivity index (χ4n) is 1.79. The molecule has 1 heterocycles. The van der Waals surface area contributed by atoms with E-state index in [-0.39, 0.29) is 18.2 Å². The Balaban J connectivity index is 1.81. The minimum Gasteiger partial charge on any atom is -0.481 e. The minimum atomic E-state index is -1.03. The fraction of sp³-hybridized carbons (Fsp3) is 0.0714. The molecular weight excluding hydrogens is 266 g/mol. The third-order valence-corrected chi connectivity index (χ3v) is 2.72. The lowest BCUT2D eigenvalue weighted by atomic mass is 10.3. The van der Waals surface area contributed by atoms with Gasteiger partial charge in [-0.1, -0.05) is 6.07 Å². The van der Waals surface area contributed by atoms with Gasteiger partial charge in [-0.3, -0.25) is 0 Å². The predicted molar refractivity (Wildman–Crippen MR) is 69.1 cm³/mol. The van der Waals surface area contributed by atoms with E-state index in [9.17, 15) is 8.78 Å². The highest BCUT2D eigenvalue weighted by atomic mass is 19.2. The second kappa shape index (κ2) is 4.80. The molecule has 102 valence electrons. The van der Waals surface area contributed by atoms with Gasteiger partial charge in [0.2, 0.25) is 11.7 Å². The minimum absolute atomic E-state index is 0.102. The number of aromatic nitrogens is 1. The van der Waals surface area contributed by atoms with E-state index in [4.69, 9.17) is 14.9 Å². The molecule has 6 heteroatoms. The molecule has 0 fully saturated rings. The Morgan fingerprint density at radius 1 is 1.20 bits per heavy atom. The standard InChI is InChI=1S/C14H10F2N2O2/c15-9-2-1-3-11(14(9)16)19-7-13-18-10-5-4-8(17)6-12(10)20-13/h1-6H,7,17H2. The summed E-state index contributed by atoms with van der Waals surface area (Å²) < 4.78 is 37.0. The number of nitrogens with two attached hydrogens (primary N) is 1. The Hall–Kier alpha value is -2.63. The number of oxazole rings is 1. The number of benzene rings is 2. The number of halogens is 2. The maximum Gasteiger partial charge on any atom is 0.233 e. The predicted octanol–water partition coefficient (Wildman–Crippen LogP) is 3.27. The number of ether oxygens (including phenoxy) is 1.